The molecule has 1 aromatic carbocycles. The van der Waals surface area contributed by atoms with Gasteiger partial charge in [0.2, 0.25) is 0 Å². The molecular formula is C13H10Cl2O2. The van der Waals surface area contributed by atoms with Gasteiger partial charge in [0.15, 0.2) is 5.43 Å². The number of hydrogen-bond donors (Lipinski definition) is 0. The molecule has 0 aliphatic rings. The average Bonchev–Trinajstić information content (AvgIpc) is 2.19. The van der Waals surface area contributed by atoms with E-state index < -0.39 is 0 Å². The Bertz CT molecular complexity index is 630. The zero-order valence-corrected chi connectivity index (χ0v) is 10.9. The summed E-state index contributed by atoms with van der Waals surface area (Å²) in [6.45, 7) is 3.48. The van der Waals surface area contributed by atoms with E-state index in [1.807, 2.05) is 0 Å². The van der Waals surface area contributed by atoms with E-state index in [0.717, 1.165) is 0 Å². The monoisotopic (exact) mass is 268 g/mol. The molecule has 0 radical (unpaired) electrons. The first-order chi connectivity index (χ1) is 7.99. The second-order valence-corrected chi connectivity index (χ2v) is 4.62. The third kappa shape index (κ3) is 2.38. The Hall–Kier alpha value is -1.25. The maximum Gasteiger partial charge on any atom is 0.193 e. The van der Waals surface area contributed by atoms with Crippen LogP contribution in [0.5, 0.6) is 0 Å². The summed E-state index contributed by atoms with van der Waals surface area (Å²) in [4.78, 5) is 11.9. The van der Waals surface area contributed by atoms with Crippen LogP contribution in [0.4, 0.5) is 0 Å². The van der Waals surface area contributed by atoms with Gasteiger partial charge >= 0.3 is 0 Å². The summed E-state index contributed by atoms with van der Waals surface area (Å²) in [7, 11) is 0. The van der Waals surface area contributed by atoms with Crippen LogP contribution in [0.15, 0.2) is 33.5 Å². The minimum Gasteiger partial charge on any atom is -0.466 e. The molecule has 2 aromatic rings. The summed E-state index contributed by atoms with van der Waals surface area (Å²) in [6.07, 6.45) is 0. The van der Waals surface area contributed by atoms with Crippen molar-refractivity contribution in [2.24, 2.45) is 0 Å². The molecule has 0 spiro atoms. The molecule has 0 saturated carbocycles. The number of aryl methyl sites for hydroxylation is 2. The highest BCUT2D eigenvalue weighted by Gasteiger charge is 2.13. The van der Waals surface area contributed by atoms with Crippen molar-refractivity contribution >= 4 is 23.2 Å². The molecule has 0 aliphatic carbocycles. The molecule has 88 valence electrons. The molecule has 0 aliphatic heterocycles. The van der Waals surface area contributed by atoms with E-state index in [9.17, 15) is 4.79 Å². The summed E-state index contributed by atoms with van der Waals surface area (Å²) >= 11 is 11.9. The van der Waals surface area contributed by atoms with Crippen LogP contribution in [0.25, 0.3) is 11.1 Å². The second kappa shape index (κ2) is 4.55. The SMILES string of the molecule is Cc1cc(=O)c(-c2ccc(Cl)cc2Cl)c(C)o1. The Morgan fingerprint density at radius 2 is 1.82 bits per heavy atom. The fourth-order valence-electron chi connectivity index (χ4n) is 1.77. The summed E-state index contributed by atoms with van der Waals surface area (Å²) in [5.74, 6) is 1.14. The quantitative estimate of drug-likeness (QED) is 0.775. The van der Waals surface area contributed by atoms with E-state index in [1.165, 1.54) is 6.07 Å². The minimum atomic E-state index is -0.101. The Labute approximate surface area is 109 Å². The first kappa shape index (κ1) is 12.2. The number of rotatable bonds is 1. The summed E-state index contributed by atoms with van der Waals surface area (Å²) in [6, 6.07) is 6.48. The van der Waals surface area contributed by atoms with Crippen molar-refractivity contribution in [1.82, 2.24) is 0 Å². The van der Waals surface area contributed by atoms with Gasteiger partial charge < -0.3 is 4.42 Å². The number of halogens is 2. The number of benzene rings is 1. The highest BCUT2D eigenvalue weighted by atomic mass is 35.5. The van der Waals surface area contributed by atoms with Crippen LogP contribution in [-0.2, 0) is 0 Å². The molecule has 0 amide bonds. The van der Waals surface area contributed by atoms with Crippen LogP contribution in [0.2, 0.25) is 10.0 Å². The Morgan fingerprint density at radius 3 is 2.41 bits per heavy atom. The van der Waals surface area contributed by atoms with Gasteiger partial charge in [0.1, 0.15) is 11.5 Å². The van der Waals surface area contributed by atoms with Gasteiger partial charge in [0, 0.05) is 16.7 Å². The predicted octanol–water partition coefficient (Wildman–Crippen LogP) is 4.23. The van der Waals surface area contributed by atoms with E-state index in [1.54, 1.807) is 32.0 Å². The largest absolute Gasteiger partial charge is 0.466 e. The maximum absolute atomic E-state index is 11.9. The van der Waals surface area contributed by atoms with Gasteiger partial charge in [-0.1, -0.05) is 29.3 Å². The van der Waals surface area contributed by atoms with E-state index in [4.69, 9.17) is 27.6 Å². The fraction of sp³-hybridized carbons (Fsp3) is 0.154. The van der Waals surface area contributed by atoms with Crippen LogP contribution in [-0.4, -0.2) is 0 Å². The molecule has 17 heavy (non-hydrogen) atoms. The minimum absolute atomic E-state index is 0.101. The first-order valence-electron chi connectivity index (χ1n) is 5.06. The average molecular weight is 269 g/mol. The molecule has 2 nitrogen and oxygen atoms in total. The van der Waals surface area contributed by atoms with Gasteiger partial charge in [0.05, 0.1) is 10.6 Å². The highest BCUT2D eigenvalue weighted by molar-refractivity contribution is 6.36. The van der Waals surface area contributed by atoms with Crippen molar-refractivity contribution in [2.45, 2.75) is 13.8 Å². The van der Waals surface area contributed by atoms with Gasteiger partial charge in [-0.05, 0) is 26.0 Å². The molecule has 0 saturated heterocycles. The molecule has 1 heterocycles. The van der Waals surface area contributed by atoms with Crippen LogP contribution in [0.1, 0.15) is 11.5 Å². The van der Waals surface area contributed by atoms with Gasteiger partial charge in [-0.2, -0.15) is 0 Å². The summed E-state index contributed by atoms with van der Waals surface area (Å²) in [5, 5.41) is 0.977. The Morgan fingerprint density at radius 1 is 1.12 bits per heavy atom. The van der Waals surface area contributed by atoms with Crippen molar-refractivity contribution in [3.8, 4) is 11.1 Å². The smallest absolute Gasteiger partial charge is 0.193 e. The third-order valence-electron chi connectivity index (χ3n) is 2.45. The highest BCUT2D eigenvalue weighted by Crippen LogP contribution is 2.30. The maximum atomic E-state index is 11.9. The molecule has 0 fully saturated rings. The lowest BCUT2D eigenvalue weighted by Crippen LogP contribution is -2.06. The predicted molar refractivity (Wildman–Crippen MR) is 69.9 cm³/mol. The van der Waals surface area contributed by atoms with Crippen molar-refractivity contribution in [1.29, 1.82) is 0 Å². The van der Waals surface area contributed by atoms with Crippen LogP contribution < -0.4 is 5.43 Å². The van der Waals surface area contributed by atoms with Crippen molar-refractivity contribution in [3.63, 3.8) is 0 Å². The van der Waals surface area contributed by atoms with E-state index in [0.29, 0.717) is 32.7 Å². The van der Waals surface area contributed by atoms with Gasteiger partial charge in [0.25, 0.3) is 0 Å². The van der Waals surface area contributed by atoms with Gasteiger partial charge in [-0.25, -0.2) is 0 Å². The molecule has 0 N–H and O–H groups in total. The number of hydrogen-bond acceptors (Lipinski definition) is 2. The molecule has 0 bridgehead atoms. The Kier molecular flexibility index (Phi) is 3.27. The lowest BCUT2D eigenvalue weighted by atomic mass is 10.0. The Balaban J connectivity index is 2.73. The molecule has 1 aromatic heterocycles. The van der Waals surface area contributed by atoms with Gasteiger partial charge in [-0.15, -0.1) is 0 Å². The molecular weight excluding hydrogens is 259 g/mol. The van der Waals surface area contributed by atoms with Crippen molar-refractivity contribution < 1.29 is 4.42 Å². The normalized spacial score (nSPS) is 10.6. The van der Waals surface area contributed by atoms with E-state index >= 15 is 0 Å². The molecule has 2 rings (SSSR count). The molecule has 4 heteroatoms. The summed E-state index contributed by atoms with van der Waals surface area (Å²) < 4.78 is 5.44. The lowest BCUT2D eigenvalue weighted by Gasteiger charge is -2.07. The van der Waals surface area contributed by atoms with Crippen LogP contribution in [0.3, 0.4) is 0 Å². The van der Waals surface area contributed by atoms with E-state index in [-0.39, 0.29) is 5.43 Å². The fourth-order valence-corrected chi connectivity index (χ4v) is 2.27. The molecule has 0 unspecified atom stereocenters. The second-order valence-electron chi connectivity index (χ2n) is 3.78. The topological polar surface area (TPSA) is 30.2 Å². The van der Waals surface area contributed by atoms with E-state index in [2.05, 4.69) is 0 Å². The van der Waals surface area contributed by atoms with Crippen molar-refractivity contribution in [2.75, 3.05) is 0 Å². The van der Waals surface area contributed by atoms with Crippen molar-refractivity contribution in [3.05, 3.63) is 56.1 Å². The molecule has 0 atom stereocenters. The third-order valence-corrected chi connectivity index (χ3v) is 3.00. The zero-order valence-electron chi connectivity index (χ0n) is 9.38. The standard InChI is InChI=1S/C13H10Cl2O2/c1-7-5-12(16)13(8(2)17-7)10-4-3-9(14)6-11(10)15/h3-6H,1-2H3. The van der Waals surface area contributed by atoms with Crippen LogP contribution in [0, 0.1) is 13.8 Å². The van der Waals surface area contributed by atoms with Crippen LogP contribution >= 0.6 is 23.2 Å². The van der Waals surface area contributed by atoms with Gasteiger partial charge in [-0.3, -0.25) is 4.79 Å². The zero-order chi connectivity index (χ0) is 12.6. The first-order valence-corrected chi connectivity index (χ1v) is 5.81. The summed E-state index contributed by atoms with van der Waals surface area (Å²) in [5.41, 5.74) is 1.02. The lowest BCUT2D eigenvalue weighted by molar-refractivity contribution is 0.486.